The van der Waals surface area contributed by atoms with Gasteiger partial charge in [-0.1, -0.05) is 18.2 Å². The fourth-order valence-corrected chi connectivity index (χ4v) is 3.58. The van der Waals surface area contributed by atoms with E-state index in [1.54, 1.807) is 0 Å². The molecule has 3 rings (SSSR count). The number of hydrogen-bond donors (Lipinski definition) is 0. The van der Waals surface area contributed by atoms with Crippen LogP contribution < -0.4 is 0 Å². The van der Waals surface area contributed by atoms with E-state index in [9.17, 15) is 4.79 Å². The van der Waals surface area contributed by atoms with Gasteiger partial charge in [-0.25, -0.2) is 0 Å². The molecule has 2 aliphatic rings. The zero-order chi connectivity index (χ0) is 13.5. The molecule has 1 spiro atoms. The van der Waals surface area contributed by atoms with Crippen molar-refractivity contribution in [2.75, 3.05) is 6.61 Å². The summed E-state index contributed by atoms with van der Waals surface area (Å²) in [6, 6.07) is 6.11. The van der Waals surface area contributed by atoms with Crippen LogP contribution in [-0.2, 0) is 4.74 Å². The Morgan fingerprint density at radius 3 is 2.53 bits per heavy atom. The van der Waals surface area contributed by atoms with Gasteiger partial charge in [-0.2, -0.15) is 0 Å². The minimum absolute atomic E-state index is 0.0508. The fraction of sp³-hybridized carbons (Fsp3) is 0.588. The first kappa shape index (κ1) is 12.9. The third-order valence-corrected chi connectivity index (χ3v) is 4.86. The number of benzene rings is 1. The number of carbonyl (C=O) groups is 1. The van der Waals surface area contributed by atoms with Gasteiger partial charge in [0.2, 0.25) is 0 Å². The van der Waals surface area contributed by atoms with E-state index >= 15 is 0 Å². The standard InChI is InChI=1S/C17H22O2/c1-12-5-3-6-13(2)15(12)16(18)14-7-10-19-17(11-14)8-4-9-17/h3,5-6,14H,4,7-11H2,1-2H3. The quantitative estimate of drug-likeness (QED) is 0.753. The number of ketones is 1. The van der Waals surface area contributed by atoms with Gasteiger partial charge in [0.1, 0.15) is 0 Å². The molecule has 1 aliphatic heterocycles. The van der Waals surface area contributed by atoms with Gasteiger partial charge in [0.15, 0.2) is 5.78 Å². The van der Waals surface area contributed by atoms with Gasteiger partial charge in [-0.15, -0.1) is 0 Å². The summed E-state index contributed by atoms with van der Waals surface area (Å²) >= 11 is 0. The molecule has 0 radical (unpaired) electrons. The molecule has 0 N–H and O–H groups in total. The number of carbonyl (C=O) groups excluding carboxylic acids is 1. The van der Waals surface area contributed by atoms with E-state index in [4.69, 9.17) is 4.74 Å². The summed E-state index contributed by atoms with van der Waals surface area (Å²) in [5, 5.41) is 0. The Labute approximate surface area is 115 Å². The average molecular weight is 258 g/mol. The van der Waals surface area contributed by atoms with Crippen molar-refractivity contribution in [1.29, 1.82) is 0 Å². The SMILES string of the molecule is Cc1cccc(C)c1C(=O)C1CCOC2(CCC2)C1. The van der Waals surface area contributed by atoms with E-state index in [2.05, 4.69) is 0 Å². The van der Waals surface area contributed by atoms with Crippen LogP contribution in [-0.4, -0.2) is 18.0 Å². The number of ether oxygens (including phenoxy) is 1. The van der Waals surface area contributed by atoms with Crippen LogP contribution in [0.3, 0.4) is 0 Å². The third-order valence-electron chi connectivity index (χ3n) is 4.86. The van der Waals surface area contributed by atoms with Gasteiger partial charge in [-0.3, -0.25) is 4.79 Å². The maximum Gasteiger partial charge on any atom is 0.166 e. The summed E-state index contributed by atoms with van der Waals surface area (Å²) in [6.45, 7) is 4.83. The van der Waals surface area contributed by atoms with Crippen molar-refractivity contribution < 1.29 is 9.53 Å². The summed E-state index contributed by atoms with van der Waals surface area (Å²) in [6.07, 6.45) is 5.35. The van der Waals surface area contributed by atoms with E-state index in [0.717, 1.165) is 49.0 Å². The highest BCUT2D eigenvalue weighted by molar-refractivity contribution is 6.00. The minimum Gasteiger partial charge on any atom is -0.375 e. The van der Waals surface area contributed by atoms with E-state index in [0.29, 0.717) is 5.78 Å². The Morgan fingerprint density at radius 2 is 1.95 bits per heavy atom. The molecule has 1 heterocycles. The first-order chi connectivity index (χ1) is 9.11. The molecule has 1 saturated carbocycles. The highest BCUT2D eigenvalue weighted by Crippen LogP contribution is 2.45. The first-order valence-electron chi connectivity index (χ1n) is 7.36. The molecule has 1 aromatic carbocycles. The second kappa shape index (κ2) is 4.75. The molecule has 0 amide bonds. The average Bonchev–Trinajstić information content (AvgIpc) is 2.37. The van der Waals surface area contributed by atoms with E-state index < -0.39 is 0 Å². The molecule has 1 aliphatic carbocycles. The molecule has 1 atom stereocenters. The maximum atomic E-state index is 12.8. The van der Waals surface area contributed by atoms with Crippen molar-refractivity contribution in [2.45, 2.75) is 51.6 Å². The molecular formula is C17H22O2. The summed E-state index contributed by atoms with van der Waals surface area (Å²) in [5.41, 5.74) is 3.22. The Hall–Kier alpha value is -1.15. The van der Waals surface area contributed by atoms with Gasteiger partial charge >= 0.3 is 0 Å². The molecule has 0 bridgehead atoms. The van der Waals surface area contributed by atoms with Gasteiger partial charge < -0.3 is 4.74 Å². The van der Waals surface area contributed by atoms with Gasteiger partial charge in [0.05, 0.1) is 5.60 Å². The Balaban J connectivity index is 1.83. The normalized spacial score (nSPS) is 25.1. The van der Waals surface area contributed by atoms with Crippen LogP contribution in [0.15, 0.2) is 18.2 Å². The van der Waals surface area contributed by atoms with Gasteiger partial charge in [0, 0.05) is 18.1 Å². The van der Waals surface area contributed by atoms with Crippen molar-refractivity contribution in [3.63, 3.8) is 0 Å². The predicted octanol–water partition coefficient (Wildman–Crippen LogP) is 3.84. The van der Waals surface area contributed by atoms with Crippen LogP contribution in [0.25, 0.3) is 0 Å². The highest BCUT2D eigenvalue weighted by Gasteiger charge is 2.44. The molecule has 2 heteroatoms. The lowest BCUT2D eigenvalue weighted by Crippen LogP contribution is -2.47. The lowest BCUT2D eigenvalue weighted by Gasteiger charge is -2.47. The van der Waals surface area contributed by atoms with Gasteiger partial charge in [-0.05, 0) is 57.1 Å². The zero-order valence-electron chi connectivity index (χ0n) is 11.9. The van der Waals surface area contributed by atoms with Crippen LogP contribution in [0.2, 0.25) is 0 Å². The first-order valence-corrected chi connectivity index (χ1v) is 7.36. The zero-order valence-corrected chi connectivity index (χ0v) is 11.9. The minimum atomic E-state index is 0.0508. The molecule has 2 fully saturated rings. The summed E-state index contributed by atoms with van der Waals surface area (Å²) < 4.78 is 5.93. The lowest BCUT2D eigenvalue weighted by atomic mass is 9.70. The molecule has 19 heavy (non-hydrogen) atoms. The molecule has 1 aromatic rings. The molecule has 102 valence electrons. The number of Topliss-reactive ketones (excluding diaryl/α,β-unsaturated/α-hetero) is 1. The smallest absolute Gasteiger partial charge is 0.166 e. The number of hydrogen-bond acceptors (Lipinski definition) is 2. The van der Waals surface area contributed by atoms with Gasteiger partial charge in [0.25, 0.3) is 0 Å². The second-order valence-corrected chi connectivity index (χ2v) is 6.21. The number of rotatable bonds is 2. The largest absolute Gasteiger partial charge is 0.375 e. The van der Waals surface area contributed by atoms with Crippen molar-refractivity contribution in [3.05, 3.63) is 34.9 Å². The summed E-state index contributed by atoms with van der Waals surface area (Å²) in [5.74, 6) is 0.499. The van der Waals surface area contributed by atoms with E-state index in [-0.39, 0.29) is 11.5 Å². The lowest BCUT2D eigenvalue weighted by molar-refractivity contribution is -0.137. The van der Waals surface area contributed by atoms with Crippen LogP contribution in [0, 0.1) is 19.8 Å². The molecule has 1 unspecified atom stereocenters. The monoisotopic (exact) mass is 258 g/mol. The summed E-state index contributed by atoms with van der Waals surface area (Å²) in [4.78, 5) is 12.8. The van der Waals surface area contributed by atoms with Crippen LogP contribution >= 0.6 is 0 Å². The topological polar surface area (TPSA) is 26.3 Å². The van der Waals surface area contributed by atoms with Crippen molar-refractivity contribution in [1.82, 2.24) is 0 Å². The second-order valence-electron chi connectivity index (χ2n) is 6.21. The molecule has 2 nitrogen and oxygen atoms in total. The van der Waals surface area contributed by atoms with Crippen molar-refractivity contribution in [2.24, 2.45) is 5.92 Å². The highest BCUT2D eigenvalue weighted by atomic mass is 16.5. The van der Waals surface area contributed by atoms with E-state index in [1.807, 2.05) is 32.0 Å². The Kier molecular flexibility index (Phi) is 3.22. The van der Waals surface area contributed by atoms with Crippen molar-refractivity contribution in [3.8, 4) is 0 Å². The Morgan fingerprint density at radius 1 is 1.26 bits per heavy atom. The number of aryl methyl sites for hydroxylation is 2. The van der Waals surface area contributed by atoms with Crippen LogP contribution in [0.4, 0.5) is 0 Å². The molecule has 0 aromatic heterocycles. The molecular weight excluding hydrogens is 236 g/mol. The molecule has 1 saturated heterocycles. The Bertz CT molecular complexity index is 480. The van der Waals surface area contributed by atoms with Crippen LogP contribution in [0.5, 0.6) is 0 Å². The fourth-order valence-electron chi connectivity index (χ4n) is 3.58. The van der Waals surface area contributed by atoms with Crippen molar-refractivity contribution >= 4 is 5.78 Å². The van der Waals surface area contributed by atoms with Crippen LogP contribution in [0.1, 0.15) is 53.6 Å². The third kappa shape index (κ3) is 2.23. The summed E-state index contributed by atoms with van der Waals surface area (Å²) in [7, 11) is 0. The maximum absolute atomic E-state index is 12.8. The predicted molar refractivity (Wildman–Crippen MR) is 75.5 cm³/mol. The van der Waals surface area contributed by atoms with E-state index in [1.165, 1.54) is 6.42 Å².